The molecule has 4 aromatic heterocycles. The lowest BCUT2D eigenvalue weighted by Gasteiger charge is -2.10. The summed E-state index contributed by atoms with van der Waals surface area (Å²) in [6.07, 6.45) is 8.29. The lowest BCUT2D eigenvalue weighted by atomic mass is 10.1. The molecular weight excluding hydrogens is 470 g/mol. The molecule has 176 valence electrons. The Kier molecular flexibility index (Phi) is 5.10. The van der Waals surface area contributed by atoms with E-state index in [1.54, 1.807) is 42.9 Å². The van der Waals surface area contributed by atoms with Crippen LogP contribution in [0.5, 0.6) is 0 Å². The molecule has 0 saturated heterocycles. The smallest absolute Gasteiger partial charge is 0.199 e. The van der Waals surface area contributed by atoms with Crippen molar-refractivity contribution in [2.75, 3.05) is 0 Å². The maximum absolute atomic E-state index is 14.5. The molecule has 6 rings (SSSR count). The lowest BCUT2D eigenvalue weighted by molar-refractivity contribution is 0.417. The van der Waals surface area contributed by atoms with Gasteiger partial charge in [-0.25, -0.2) is 22.5 Å². The van der Waals surface area contributed by atoms with Gasteiger partial charge in [0.2, 0.25) is 0 Å². The number of rotatable bonds is 4. The number of aromatic nitrogens is 5. The van der Waals surface area contributed by atoms with Crippen molar-refractivity contribution in [3.05, 3.63) is 115 Å². The van der Waals surface area contributed by atoms with Crippen molar-refractivity contribution in [1.29, 1.82) is 0 Å². The maximum atomic E-state index is 14.5. The van der Waals surface area contributed by atoms with E-state index >= 15 is 0 Å². The van der Waals surface area contributed by atoms with E-state index in [1.165, 1.54) is 16.8 Å². The number of nitrogens with zero attached hydrogens (tertiary/aromatic N) is 5. The van der Waals surface area contributed by atoms with Crippen LogP contribution in [0, 0.1) is 23.3 Å². The first-order valence-corrected chi connectivity index (χ1v) is 10.9. The standard InChI is InChI=1S/C27H15F4N5/c28-22-19-10-13-35(26(19)25(31)24(30)23(22)29)17-8-6-16(7-9-17)27-34-21(20-5-1-2-12-33-20)15-36(27)18-4-3-11-32-14-18/h1-15H. The fraction of sp³-hybridized carbons (Fsp3) is 0. The van der Waals surface area contributed by atoms with Crippen LogP contribution < -0.4 is 0 Å². The second kappa shape index (κ2) is 8.46. The van der Waals surface area contributed by atoms with Crippen molar-refractivity contribution in [3.63, 3.8) is 0 Å². The minimum Gasteiger partial charge on any atom is -0.314 e. The highest BCUT2D eigenvalue weighted by atomic mass is 19.2. The SMILES string of the molecule is Fc1c(F)c(F)c2c(ccn2-c2ccc(-c3nc(-c4ccccn4)cn3-c3cccnc3)cc2)c1F. The van der Waals surface area contributed by atoms with Gasteiger partial charge >= 0.3 is 0 Å². The molecule has 0 fully saturated rings. The van der Waals surface area contributed by atoms with E-state index in [2.05, 4.69) is 9.97 Å². The topological polar surface area (TPSA) is 48.5 Å². The lowest BCUT2D eigenvalue weighted by Crippen LogP contribution is -2.01. The number of imidazole rings is 1. The van der Waals surface area contributed by atoms with Gasteiger partial charge < -0.3 is 4.57 Å². The molecule has 36 heavy (non-hydrogen) atoms. The molecule has 0 N–H and O–H groups in total. The fourth-order valence-corrected chi connectivity index (χ4v) is 4.15. The Hall–Kier alpha value is -4.79. The largest absolute Gasteiger partial charge is 0.314 e. The zero-order valence-electron chi connectivity index (χ0n) is 18.4. The number of benzene rings is 2. The van der Waals surface area contributed by atoms with Gasteiger partial charge in [0.1, 0.15) is 11.5 Å². The first kappa shape index (κ1) is 21.7. The van der Waals surface area contributed by atoms with E-state index in [-0.39, 0.29) is 10.9 Å². The van der Waals surface area contributed by atoms with Crippen LogP contribution >= 0.6 is 0 Å². The fourth-order valence-electron chi connectivity index (χ4n) is 4.15. The Morgan fingerprint density at radius 3 is 2.17 bits per heavy atom. The summed E-state index contributed by atoms with van der Waals surface area (Å²) in [6, 6.07) is 17.3. The van der Waals surface area contributed by atoms with Crippen molar-refractivity contribution in [2.45, 2.75) is 0 Å². The highest BCUT2D eigenvalue weighted by Gasteiger charge is 2.23. The minimum absolute atomic E-state index is 0.345. The maximum Gasteiger partial charge on any atom is 0.199 e. The molecule has 0 bridgehead atoms. The summed E-state index contributed by atoms with van der Waals surface area (Å²) in [7, 11) is 0. The Bertz CT molecular complexity index is 1710. The number of pyridine rings is 2. The summed E-state index contributed by atoms with van der Waals surface area (Å²) < 4.78 is 59.4. The summed E-state index contributed by atoms with van der Waals surface area (Å²) in [5, 5.41) is -0.345. The minimum atomic E-state index is -1.85. The predicted molar refractivity (Wildman–Crippen MR) is 127 cm³/mol. The summed E-state index contributed by atoms with van der Waals surface area (Å²) in [4.78, 5) is 13.4. The van der Waals surface area contributed by atoms with Gasteiger partial charge in [-0.1, -0.05) is 6.07 Å². The monoisotopic (exact) mass is 485 g/mol. The Morgan fingerprint density at radius 2 is 1.44 bits per heavy atom. The third kappa shape index (κ3) is 3.44. The number of hydrogen-bond acceptors (Lipinski definition) is 3. The molecule has 0 aliphatic heterocycles. The zero-order valence-corrected chi connectivity index (χ0v) is 18.4. The Labute approximate surface area is 202 Å². The molecular formula is C27H15F4N5. The second-order valence-electron chi connectivity index (χ2n) is 8.00. The number of hydrogen-bond donors (Lipinski definition) is 0. The molecule has 0 unspecified atom stereocenters. The first-order chi connectivity index (χ1) is 17.5. The van der Waals surface area contributed by atoms with Gasteiger partial charge in [0.05, 0.1) is 23.1 Å². The van der Waals surface area contributed by atoms with Crippen LogP contribution in [0.1, 0.15) is 0 Å². The quantitative estimate of drug-likeness (QED) is 0.163. The second-order valence-corrected chi connectivity index (χ2v) is 8.00. The molecule has 0 spiro atoms. The van der Waals surface area contributed by atoms with E-state index in [0.717, 1.165) is 11.3 Å². The van der Waals surface area contributed by atoms with Gasteiger partial charge in [-0.15, -0.1) is 0 Å². The van der Waals surface area contributed by atoms with E-state index in [4.69, 9.17) is 4.98 Å². The first-order valence-electron chi connectivity index (χ1n) is 10.9. The van der Waals surface area contributed by atoms with Crippen molar-refractivity contribution < 1.29 is 17.6 Å². The molecule has 0 aliphatic rings. The highest BCUT2D eigenvalue weighted by Crippen LogP contribution is 2.31. The summed E-state index contributed by atoms with van der Waals surface area (Å²) in [5.41, 5.74) is 2.92. The van der Waals surface area contributed by atoms with Crippen molar-refractivity contribution in [3.8, 4) is 34.2 Å². The third-order valence-corrected chi connectivity index (χ3v) is 5.87. The van der Waals surface area contributed by atoms with Crippen LogP contribution in [0.25, 0.3) is 45.1 Å². The van der Waals surface area contributed by atoms with Crippen molar-refractivity contribution in [1.82, 2.24) is 24.1 Å². The summed E-state index contributed by atoms with van der Waals surface area (Å²) in [5.74, 6) is -5.96. The van der Waals surface area contributed by atoms with E-state index in [0.29, 0.717) is 22.9 Å². The van der Waals surface area contributed by atoms with Gasteiger partial charge in [-0.05, 0) is 54.6 Å². The molecule has 5 nitrogen and oxygen atoms in total. The normalized spacial score (nSPS) is 11.3. The molecule has 0 amide bonds. The van der Waals surface area contributed by atoms with E-state index < -0.39 is 23.3 Å². The molecule has 4 heterocycles. The van der Waals surface area contributed by atoms with Crippen molar-refractivity contribution >= 4 is 10.9 Å². The van der Waals surface area contributed by atoms with Gasteiger partial charge in [0, 0.05) is 41.4 Å². The zero-order chi connectivity index (χ0) is 24.8. The average Bonchev–Trinajstić information content (AvgIpc) is 3.58. The third-order valence-electron chi connectivity index (χ3n) is 5.87. The molecule has 0 aliphatic carbocycles. The van der Waals surface area contributed by atoms with E-state index in [9.17, 15) is 17.6 Å². The summed E-state index contributed by atoms with van der Waals surface area (Å²) in [6.45, 7) is 0. The van der Waals surface area contributed by atoms with E-state index in [1.807, 2.05) is 41.1 Å². The van der Waals surface area contributed by atoms with Crippen LogP contribution in [0.3, 0.4) is 0 Å². The molecule has 0 radical (unpaired) electrons. The molecule has 6 aromatic rings. The molecule has 9 heteroatoms. The van der Waals surface area contributed by atoms with Gasteiger partial charge in [-0.3, -0.25) is 14.5 Å². The molecule has 2 aromatic carbocycles. The number of halogens is 4. The average molecular weight is 485 g/mol. The highest BCUT2D eigenvalue weighted by molar-refractivity contribution is 5.83. The van der Waals surface area contributed by atoms with Crippen LogP contribution in [-0.2, 0) is 0 Å². The van der Waals surface area contributed by atoms with Crippen LogP contribution in [0.15, 0.2) is 91.6 Å². The number of fused-ring (bicyclic) bond motifs is 1. The molecule has 0 atom stereocenters. The molecule has 0 saturated carbocycles. The Morgan fingerprint density at radius 1 is 0.639 bits per heavy atom. The van der Waals surface area contributed by atoms with Crippen LogP contribution in [0.4, 0.5) is 17.6 Å². The van der Waals surface area contributed by atoms with Crippen LogP contribution in [-0.4, -0.2) is 24.1 Å². The summed E-state index contributed by atoms with van der Waals surface area (Å²) >= 11 is 0. The van der Waals surface area contributed by atoms with Gasteiger partial charge in [-0.2, -0.15) is 0 Å². The van der Waals surface area contributed by atoms with Crippen molar-refractivity contribution in [2.24, 2.45) is 0 Å². The van der Waals surface area contributed by atoms with Gasteiger partial charge in [0.25, 0.3) is 0 Å². The Balaban J connectivity index is 1.47. The predicted octanol–water partition coefficient (Wildman–Crippen LogP) is 6.50. The van der Waals surface area contributed by atoms with Gasteiger partial charge in [0.15, 0.2) is 23.3 Å². The van der Waals surface area contributed by atoms with Crippen LogP contribution in [0.2, 0.25) is 0 Å².